The van der Waals surface area contributed by atoms with Gasteiger partial charge in [-0.25, -0.2) is 4.98 Å². The first-order valence-corrected chi connectivity index (χ1v) is 11.4. The molecule has 1 aromatic carbocycles. The highest BCUT2D eigenvalue weighted by Gasteiger charge is 2.41. The number of hydrogen-bond acceptors (Lipinski definition) is 5. The van der Waals surface area contributed by atoms with E-state index in [1.165, 1.54) is 11.8 Å². The maximum absolute atomic E-state index is 14.2. The molecule has 0 unspecified atom stereocenters. The predicted octanol–water partition coefficient (Wildman–Crippen LogP) is 5.01. The SMILES string of the molecule is CCCc1ccc(NC(=O)c2sc3nc4c(c(C(F)(F)F)c3c2N)CN(C(C)=O)CC4)cc1. The Kier molecular flexibility index (Phi) is 6.04. The van der Waals surface area contributed by atoms with Crippen molar-refractivity contribution >= 4 is 44.7 Å². The summed E-state index contributed by atoms with van der Waals surface area (Å²) in [4.78, 5) is 30.5. The normalized spacial score (nSPS) is 13.8. The van der Waals surface area contributed by atoms with E-state index in [9.17, 15) is 22.8 Å². The molecule has 3 N–H and O–H groups in total. The number of rotatable bonds is 4. The van der Waals surface area contributed by atoms with Gasteiger partial charge in [0.25, 0.3) is 5.91 Å². The van der Waals surface area contributed by atoms with E-state index >= 15 is 0 Å². The van der Waals surface area contributed by atoms with Crippen LogP contribution in [0.25, 0.3) is 10.2 Å². The van der Waals surface area contributed by atoms with E-state index in [0.29, 0.717) is 12.2 Å². The predicted molar refractivity (Wildman–Crippen MR) is 122 cm³/mol. The van der Waals surface area contributed by atoms with Crippen LogP contribution in [-0.4, -0.2) is 28.2 Å². The summed E-state index contributed by atoms with van der Waals surface area (Å²) in [6, 6.07) is 7.29. The largest absolute Gasteiger partial charge is 0.417 e. The minimum atomic E-state index is -4.72. The van der Waals surface area contributed by atoms with Gasteiger partial charge < -0.3 is 16.0 Å². The second-order valence-electron chi connectivity index (χ2n) is 8.03. The molecule has 10 heteroatoms. The zero-order chi connectivity index (χ0) is 23.9. The number of nitrogens with one attached hydrogen (secondary N) is 1. The monoisotopic (exact) mass is 476 g/mol. The molecule has 33 heavy (non-hydrogen) atoms. The summed E-state index contributed by atoms with van der Waals surface area (Å²) in [5.74, 6) is -0.896. The zero-order valence-corrected chi connectivity index (χ0v) is 19.0. The summed E-state index contributed by atoms with van der Waals surface area (Å²) in [5.41, 5.74) is 6.83. The summed E-state index contributed by atoms with van der Waals surface area (Å²) in [6.07, 6.45) is -2.61. The van der Waals surface area contributed by atoms with E-state index in [-0.39, 0.29) is 50.9 Å². The number of nitrogens with two attached hydrogens (primary N) is 1. The standard InChI is InChI=1S/C23H23F3N4O2S/c1-3-4-13-5-7-14(8-6-13)28-21(32)20-19(27)17-18(23(24,25)26)15-11-30(12(2)31)10-9-16(15)29-22(17)33-20/h5-8H,3-4,9-11,27H2,1-2H3,(H,28,32). The number of benzene rings is 1. The molecular weight excluding hydrogens is 453 g/mol. The van der Waals surface area contributed by atoms with E-state index in [0.717, 1.165) is 29.7 Å². The third kappa shape index (κ3) is 4.39. The first-order valence-electron chi connectivity index (χ1n) is 10.6. The molecular formula is C23H23F3N4O2S. The summed E-state index contributed by atoms with van der Waals surface area (Å²) < 4.78 is 42.6. The molecule has 1 aliphatic heterocycles. The highest BCUT2D eigenvalue weighted by atomic mass is 32.1. The lowest BCUT2D eigenvalue weighted by molar-refractivity contribution is -0.138. The van der Waals surface area contributed by atoms with E-state index in [1.807, 2.05) is 12.1 Å². The third-order valence-electron chi connectivity index (χ3n) is 5.72. The van der Waals surface area contributed by atoms with Gasteiger partial charge in [-0.3, -0.25) is 9.59 Å². The second kappa shape index (κ2) is 8.66. The number of anilines is 2. The molecule has 2 aromatic heterocycles. The lowest BCUT2D eigenvalue weighted by atomic mass is 9.96. The van der Waals surface area contributed by atoms with Crippen LogP contribution >= 0.6 is 11.3 Å². The van der Waals surface area contributed by atoms with Crippen molar-refractivity contribution < 1.29 is 22.8 Å². The Labute approximate surface area is 192 Å². The number of nitrogens with zero attached hydrogens (tertiary/aromatic N) is 2. The number of alkyl halides is 3. The van der Waals surface area contributed by atoms with Crippen LogP contribution in [0.1, 0.15) is 52.3 Å². The average molecular weight is 477 g/mol. The van der Waals surface area contributed by atoms with Gasteiger partial charge in [0.1, 0.15) is 9.71 Å². The topological polar surface area (TPSA) is 88.3 Å². The fourth-order valence-electron chi connectivity index (χ4n) is 4.11. The molecule has 0 spiro atoms. The summed E-state index contributed by atoms with van der Waals surface area (Å²) in [7, 11) is 0. The second-order valence-corrected chi connectivity index (χ2v) is 9.03. The third-order valence-corrected chi connectivity index (χ3v) is 6.81. The Balaban J connectivity index is 1.76. The molecule has 3 heterocycles. The van der Waals surface area contributed by atoms with Gasteiger partial charge in [-0.2, -0.15) is 13.2 Å². The van der Waals surface area contributed by atoms with Crippen molar-refractivity contribution in [2.75, 3.05) is 17.6 Å². The van der Waals surface area contributed by atoms with Crippen LogP contribution in [0.4, 0.5) is 24.5 Å². The molecule has 2 amide bonds. The molecule has 0 radical (unpaired) electrons. The molecule has 174 valence electrons. The minimum absolute atomic E-state index is 0.0218. The van der Waals surface area contributed by atoms with Gasteiger partial charge in [-0.15, -0.1) is 11.3 Å². The van der Waals surface area contributed by atoms with Crippen LogP contribution in [0.3, 0.4) is 0 Å². The molecule has 0 saturated carbocycles. The van der Waals surface area contributed by atoms with Crippen molar-refractivity contribution in [3.05, 3.63) is 51.5 Å². The molecule has 3 aromatic rings. The number of halogens is 3. The van der Waals surface area contributed by atoms with Gasteiger partial charge >= 0.3 is 6.18 Å². The van der Waals surface area contributed by atoms with Gasteiger partial charge in [0, 0.05) is 48.8 Å². The van der Waals surface area contributed by atoms with Crippen LogP contribution in [-0.2, 0) is 30.4 Å². The van der Waals surface area contributed by atoms with Crippen LogP contribution < -0.4 is 11.1 Å². The number of carbonyl (C=O) groups excluding carboxylic acids is 2. The van der Waals surface area contributed by atoms with Gasteiger partial charge in [0.05, 0.1) is 11.3 Å². The highest BCUT2D eigenvalue weighted by molar-refractivity contribution is 7.21. The van der Waals surface area contributed by atoms with E-state index < -0.39 is 17.6 Å². The number of hydrogen-bond donors (Lipinski definition) is 2. The van der Waals surface area contributed by atoms with E-state index in [2.05, 4.69) is 17.2 Å². The molecule has 6 nitrogen and oxygen atoms in total. The number of aromatic nitrogens is 1. The number of aryl methyl sites for hydroxylation is 1. The molecule has 4 rings (SSSR count). The van der Waals surface area contributed by atoms with Gasteiger partial charge in [0.2, 0.25) is 5.91 Å². The quantitative estimate of drug-likeness (QED) is 0.554. The Morgan fingerprint density at radius 1 is 1.24 bits per heavy atom. The van der Waals surface area contributed by atoms with Crippen LogP contribution in [0.5, 0.6) is 0 Å². The first kappa shape index (κ1) is 23.0. The number of pyridine rings is 1. The van der Waals surface area contributed by atoms with Crippen LogP contribution in [0, 0.1) is 0 Å². The van der Waals surface area contributed by atoms with Crippen molar-refractivity contribution in [2.24, 2.45) is 0 Å². The Morgan fingerprint density at radius 3 is 2.55 bits per heavy atom. The lowest BCUT2D eigenvalue weighted by Crippen LogP contribution is -2.36. The molecule has 1 aliphatic rings. The summed E-state index contributed by atoms with van der Waals surface area (Å²) in [6.45, 7) is 3.49. The maximum Gasteiger partial charge on any atom is 0.417 e. The Bertz CT molecular complexity index is 1240. The van der Waals surface area contributed by atoms with Crippen molar-refractivity contribution in [3.8, 4) is 0 Å². The Morgan fingerprint density at radius 2 is 1.94 bits per heavy atom. The average Bonchev–Trinajstić information content (AvgIpc) is 3.08. The fourth-order valence-corrected chi connectivity index (χ4v) is 5.13. The minimum Gasteiger partial charge on any atom is -0.397 e. The fraction of sp³-hybridized carbons (Fsp3) is 0.348. The van der Waals surface area contributed by atoms with Crippen molar-refractivity contribution in [2.45, 2.75) is 45.8 Å². The Hall–Kier alpha value is -3.14. The molecule has 0 atom stereocenters. The smallest absolute Gasteiger partial charge is 0.397 e. The van der Waals surface area contributed by atoms with Crippen LogP contribution in [0.2, 0.25) is 0 Å². The lowest BCUT2D eigenvalue weighted by Gasteiger charge is -2.29. The van der Waals surface area contributed by atoms with E-state index in [1.54, 1.807) is 12.1 Å². The maximum atomic E-state index is 14.2. The highest BCUT2D eigenvalue weighted by Crippen LogP contribution is 2.45. The van der Waals surface area contributed by atoms with Gasteiger partial charge in [0.15, 0.2) is 0 Å². The van der Waals surface area contributed by atoms with Gasteiger partial charge in [-0.05, 0) is 24.1 Å². The molecule has 0 bridgehead atoms. The van der Waals surface area contributed by atoms with Gasteiger partial charge in [-0.1, -0.05) is 25.5 Å². The molecule has 0 aliphatic carbocycles. The number of carbonyl (C=O) groups is 2. The number of fused-ring (bicyclic) bond motifs is 2. The zero-order valence-electron chi connectivity index (χ0n) is 18.2. The number of nitrogen functional groups attached to an aromatic ring is 1. The first-order chi connectivity index (χ1) is 15.6. The van der Waals surface area contributed by atoms with Crippen molar-refractivity contribution in [1.29, 1.82) is 0 Å². The number of thiophene rings is 1. The summed E-state index contributed by atoms with van der Waals surface area (Å²) in [5, 5.41) is 2.43. The van der Waals surface area contributed by atoms with Crippen molar-refractivity contribution in [1.82, 2.24) is 9.88 Å². The molecule has 0 saturated heterocycles. The molecule has 0 fully saturated rings. The summed E-state index contributed by atoms with van der Waals surface area (Å²) >= 11 is 0.844. The van der Waals surface area contributed by atoms with E-state index in [4.69, 9.17) is 5.73 Å². The van der Waals surface area contributed by atoms with Crippen LogP contribution in [0.15, 0.2) is 24.3 Å². The van der Waals surface area contributed by atoms with Crippen molar-refractivity contribution in [3.63, 3.8) is 0 Å². The number of amides is 2.